The molecule has 0 fully saturated rings. The molecular formula is C8H13N3O2S. The number of hydrogen-bond acceptors (Lipinski definition) is 4. The highest BCUT2D eigenvalue weighted by Crippen LogP contribution is 2.07. The van der Waals surface area contributed by atoms with Gasteiger partial charge in [-0.25, -0.2) is 8.42 Å². The van der Waals surface area contributed by atoms with Gasteiger partial charge in [0.1, 0.15) is 0 Å². The van der Waals surface area contributed by atoms with Gasteiger partial charge in [-0.1, -0.05) is 0 Å². The number of nitrogens with one attached hydrogen (secondary N) is 1. The maximum absolute atomic E-state index is 11.3. The predicted molar refractivity (Wildman–Crippen MR) is 55.4 cm³/mol. The third kappa shape index (κ3) is 3.31. The molecule has 1 rings (SSSR count). The maximum atomic E-state index is 11.3. The Morgan fingerprint density at radius 1 is 1.50 bits per heavy atom. The van der Waals surface area contributed by atoms with E-state index >= 15 is 0 Å². The first-order chi connectivity index (χ1) is 6.53. The van der Waals surface area contributed by atoms with Gasteiger partial charge in [0.05, 0.1) is 17.6 Å². The van der Waals surface area contributed by atoms with Crippen LogP contribution in [-0.2, 0) is 10.0 Å². The van der Waals surface area contributed by atoms with Crippen molar-refractivity contribution in [1.29, 1.82) is 0 Å². The van der Waals surface area contributed by atoms with E-state index in [1.54, 1.807) is 12.1 Å². The van der Waals surface area contributed by atoms with Crippen molar-refractivity contribution >= 4 is 15.7 Å². The molecule has 0 atom stereocenters. The van der Waals surface area contributed by atoms with Gasteiger partial charge in [0.25, 0.3) is 0 Å². The number of nitrogens with zero attached hydrogens (tertiary/aromatic N) is 1. The summed E-state index contributed by atoms with van der Waals surface area (Å²) in [7, 11) is -3.31. The van der Waals surface area contributed by atoms with E-state index in [-0.39, 0.29) is 12.3 Å². The summed E-state index contributed by atoms with van der Waals surface area (Å²) >= 11 is 0. The highest BCUT2D eigenvalue weighted by Gasteiger charge is 2.08. The average molecular weight is 215 g/mol. The topological polar surface area (TPSA) is 85.1 Å². The van der Waals surface area contributed by atoms with Gasteiger partial charge in [-0.2, -0.15) is 0 Å². The second kappa shape index (κ2) is 4.39. The Hall–Kier alpha value is -1.14. The van der Waals surface area contributed by atoms with E-state index in [0.717, 1.165) is 5.69 Å². The molecule has 0 unspecified atom stereocenters. The predicted octanol–water partition coefficient (Wildman–Crippen LogP) is 0.0904. The highest BCUT2D eigenvalue weighted by molar-refractivity contribution is 7.92. The molecule has 0 aliphatic heterocycles. The Labute approximate surface area is 83.4 Å². The van der Waals surface area contributed by atoms with Gasteiger partial charge < -0.3 is 5.73 Å². The van der Waals surface area contributed by atoms with Crippen molar-refractivity contribution in [1.82, 2.24) is 4.98 Å². The van der Waals surface area contributed by atoms with Gasteiger partial charge in [0, 0.05) is 12.2 Å². The molecule has 0 bridgehead atoms. The van der Waals surface area contributed by atoms with Crippen LogP contribution in [0.4, 0.5) is 5.69 Å². The standard InChI is InChI=1S/C8H13N3O2S/c1-7-2-3-8(6-10-7)11-14(12,13)5-4-9/h2-3,6,11H,4-5,9H2,1H3. The highest BCUT2D eigenvalue weighted by atomic mass is 32.2. The monoisotopic (exact) mass is 215 g/mol. The van der Waals surface area contributed by atoms with Crippen LogP contribution in [0.1, 0.15) is 5.69 Å². The number of aromatic nitrogens is 1. The SMILES string of the molecule is Cc1ccc(NS(=O)(=O)CCN)cn1. The van der Waals surface area contributed by atoms with E-state index in [4.69, 9.17) is 5.73 Å². The molecule has 3 N–H and O–H groups in total. The van der Waals surface area contributed by atoms with Crippen LogP contribution in [0.3, 0.4) is 0 Å². The van der Waals surface area contributed by atoms with Crippen LogP contribution in [0.25, 0.3) is 0 Å². The molecular weight excluding hydrogens is 202 g/mol. The molecule has 1 aromatic heterocycles. The zero-order valence-electron chi connectivity index (χ0n) is 7.90. The van der Waals surface area contributed by atoms with E-state index in [0.29, 0.717) is 5.69 Å². The Kier molecular flexibility index (Phi) is 3.43. The third-order valence-electron chi connectivity index (χ3n) is 1.57. The Morgan fingerprint density at radius 2 is 2.21 bits per heavy atom. The smallest absolute Gasteiger partial charge is 0.234 e. The number of nitrogens with two attached hydrogens (primary N) is 1. The fourth-order valence-corrected chi connectivity index (χ4v) is 1.81. The Morgan fingerprint density at radius 3 is 2.71 bits per heavy atom. The van der Waals surface area contributed by atoms with E-state index in [1.165, 1.54) is 6.20 Å². The fraction of sp³-hybridized carbons (Fsp3) is 0.375. The summed E-state index contributed by atoms with van der Waals surface area (Å²) in [5.41, 5.74) is 6.46. The summed E-state index contributed by atoms with van der Waals surface area (Å²) in [6.07, 6.45) is 1.48. The molecule has 5 nitrogen and oxygen atoms in total. The molecule has 0 spiro atoms. The largest absolute Gasteiger partial charge is 0.329 e. The van der Waals surface area contributed by atoms with E-state index in [2.05, 4.69) is 9.71 Å². The number of sulfonamides is 1. The van der Waals surface area contributed by atoms with Crippen LogP contribution < -0.4 is 10.5 Å². The fourth-order valence-electron chi connectivity index (χ4n) is 0.914. The minimum atomic E-state index is -3.31. The minimum absolute atomic E-state index is 0.0825. The lowest BCUT2D eigenvalue weighted by atomic mass is 10.4. The molecule has 0 aromatic carbocycles. The van der Waals surface area contributed by atoms with Crippen molar-refractivity contribution in [2.75, 3.05) is 17.0 Å². The third-order valence-corrected chi connectivity index (χ3v) is 2.89. The second-order valence-electron chi connectivity index (χ2n) is 2.90. The quantitative estimate of drug-likeness (QED) is 0.745. The lowest BCUT2D eigenvalue weighted by Gasteiger charge is -2.05. The molecule has 6 heteroatoms. The molecule has 0 saturated heterocycles. The normalized spacial score (nSPS) is 11.3. The first-order valence-corrected chi connectivity index (χ1v) is 5.82. The summed E-state index contributed by atoms with van der Waals surface area (Å²) in [5, 5.41) is 0. The minimum Gasteiger partial charge on any atom is -0.329 e. The van der Waals surface area contributed by atoms with Crippen molar-refractivity contribution in [3.05, 3.63) is 24.0 Å². The van der Waals surface area contributed by atoms with Crippen molar-refractivity contribution in [3.8, 4) is 0 Å². The lowest BCUT2D eigenvalue weighted by molar-refractivity contribution is 0.601. The molecule has 0 aliphatic carbocycles. The second-order valence-corrected chi connectivity index (χ2v) is 4.74. The summed E-state index contributed by atoms with van der Waals surface area (Å²) in [6, 6.07) is 3.40. The van der Waals surface area contributed by atoms with Gasteiger partial charge in [-0.3, -0.25) is 9.71 Å². The van der Waals surface area contributed by atoms with E-state index < -0.39 is 10.0 Å². The molecule has 14 heavy (non-hydrogen) atoms. The van der Waals surface area contributed by atoms with Gasteiger partial charge in [-0.15, -0.1) is 0 Å². The lowest BCUT2D eigenvalue weighted by Crippen LogP contribution is -2.22. The Balaban J connectivity index is 2.74. The zero-order valence-corrected chi connectivity index (χ0v) is 8.71. The van der Waals surface area contributed by atoms with Crippen LogP contribution in [0.15, 0.2) is 18.3 Å². The van der Waals surface area contributed by atoms with E-state index in [1.807, 2.05) is 6.92 Å². The van der Waals surface area contributed by atoms with Gasteiger partial charge in [-0.05, 0) is 19.1 Å². The molecule has 0 saturated carbocycles. The van der Waals surface area contributed by atoms with Crippen molar-refractivity contribution < 1.29 is 8.42 Å². The van der Waals surface area contributed by atoms with Crippen molar-refractivity contribution in [2.45, 2.75) is 6.92 Å². The number of anilines is 1. The molecule has 0 amide bonds. The number of aryl methyl sites for hydroxylation is 1. The van der Waals surface area contributed by atoms with Gasteiger partial charge in [0.2, 0.25) is 10.0 Å². The molecule has 78 valence electrons. The Bertz CT molecular complexity index is 386. The van der Waals surface area contributed by atoms with Crippen LogP contribution in [0.5, 0.6) is 0 Å². The average Bonchev–Trinajstić information content (AvgIpc) is 2.08. The van der Waals surface area contributed by atoms with Gasteiger partial charge >= 0.3 is 0 Å². The van der Waals surface area contributed by atoms with Crippen molar-refractivity contribution in [3.63, 3.8) is 0 Å². The first-order valence-electron chi connectivity index (χ1n) is 4.17. The number of pyridine rings is 1. The number of rotatable bonds is 4. The molecule has 0 radical (unpaired) electrons. The van der Waals surface area contributed by atoms with Crippen molar-refractivity contribution in [2.24, 2.45) is 5.73 Å². The zero-order chi connectivity index (χ0) is 10.6. The van der Waals surface area contributed by atoms with E-state index in [9.17, 15) is 8.42 Å². The molecule has 1 aromatic rings. The van der Waals surface area contributed by atoms with Crippen LogP contribution >= 0.6 is 0 Å². The number of hydrogen-bond donors (Lipinski definition) is 2. The van der Waals surface area contributed by atoms with Gasteiger partial charge in [0.15, 0.2) is 0 Å². The maximum Gasteiger partial charge on any atom is 0.234 e. The summed E-state index contributed by atoms with van der Waals surface area (Å²) < 4.78 is 24.9. The first kappa shape index (κ1) is 10.9. The van der Waals surface area contributed by atoms with Crippen LogP contribution in [0.2, 0.25) is 0 Å². The van der Waals surface area contributed by atoms with Crippen LogP contribution in [-0.4, -0.2) is 25.7 Å². The summed E-state index contributed by atoms with van der Waals surface area (Å²) in [6.45, 7) is 1.94. The van der Waals surface area contributed by atoms with Crippen LogP contribution in [0, 0.1) is 6.92 Å². The molecule has 0 aliphatic rings. The molecule has 1 heterocycles. The summed E-state index contributed by atoms with van der Waals surface area (Å²) in [4.78, 5) is 3.97. The summed E-state index contributed by atoms with van der Waals surface area (Å²) in [5.74, 6) is -0.0825.